The van der Waals surface area contributed by atoms with Crippen LogP contribution in [0, 0.1) is 5.92 Å². The van der Waals surface area contributed by atoms with E-state index in [-0.39, 0.29) is 6.10 Å². The molecular formula is C16H25NO2. The molecular weight excluding hydrogens is 238 g/mol. The van der Waals surface area contributed by atoms with Crippen molar-refractivity contribution in [2.75, 3.05) is 26.8 Å². The minimum absolute atomic E-state index is 0.127. The average molecular weight is 263 g/mol. The minimum Gasteiger partial charge on any atom is -0.497 e. The van der Waals surface area contributed by atoms with E-state index in [1.807, 2.05) is 12.1 Å². The Bertz CT molecular complexity index is 377. The van der Waals surface area contributed by atoms with Crippen LogP contribution < -0.4 is 10.1 Å². The highest BCUT2D eigenvalue weighted by Crippen LogP contribution is 2.31. The van der Waals surface area contributed by atoms with Crippen LogP contribution in [-0.4, -0.2) is 26.8 Å². The Morgan fingerprint density at radius 2 is 2.21 bits per heavy atom. The van der Waals surface area contributed by atoms with Crippen LogP contribution in [0.3, 0.4) is 0 Å². The van der Waals surface area contributed by atoms with E-state index < -0.39 is 0 Å². The molecule has 1 aromatic rings. The third-order valence-electron chi connectivity index (χ3n) is 3.45. The number of rotatable bonds is 9. The first-order valence-electron chi connectivity index (χ1n) is 7.29. The number of hydrogen-bond donors (Lipinski definition) is 1. The van der Waals surface area contributed by atoms with E-state index in [0.717, 1.165) is 37.8 Å². The second-order valence-electron chi connectivity index (χ2n) is 5.25. The van der Waals surface area contributed by atoms with Gasteiger partial charge >= 0.3 is 0 Å². The van der Waals surface area contributed by atoms with Gasteiger partial charge in [-0.3, -0.25) is 0 Å². The molecule has 0 amide bonds. The molecule has 106 valence electrons. The van der Waals surface area contributed by atoms with Gasteiger partial charge in [0, 0.05) is 6.54 Å². The summed E-state index contributed by atoms with van der Waals surface area (Å²) < 4.78 is 11.4. The summed E-state index contributed by atoms with van der Waals surface area (Å²) in [6.07, 6.45) is 3.93. The molecule has 1 unspecified atom stereocenters. The predicted molar refractivity (Wildman–Crippen MR) is 77.6 cm³/mol. The van der Waals surface area contributed by atoms with Gasteiger partial charge in [0.25, 0.3) is 0 Å². The molecule has 3 heteroatoms. The number of nitrogens with one attached hydrogen (secondary N) is 1. The van der Waals surface area contributed by atoms with Gasteiger partial charge in [-0.2, -0.15) is 0 Å². The topological polar surface area (TPSA) is 30.5 Å². The summed E-state index contributed by atoms with van der Waals surface area (Å²) in [5.41, 5.74) is 1.20. The molecule has 1 fully saturated rings. The van der Waals surface area contributed by atoms with E-state index in [9.17, 15) is 0 Å². The lowest BCUT2D eigenvalue weighted by Crippen LogP contribution is -2.24. The molecule has 0 radical (unpaired) electrons. The molecule has 0 heterocycles. The fraction of sp³-hybridized carbons (Fsp3) is 0.625. The molecule has 1 saturated carbocycles. The van der Waals surface area contributed by atoms with Crippen molar-refractivity contribution >= 4 is 0 Å². The second kappa shape index (κ2) is 7.51. The van der Waals surface area contributed by atoms with Crippen LogP contribution in [0.15, 0.2) is 24.3 Å². The Morgan fingerprint density at radius 3 is 2.89 bits per heavy atom. The SMILES string of the molecule is CCCNCC(OCC1CC1)c1cccc(OC)c1. The smallest absolute Gasteiger partial charge is 0.119 e. The first-order valence-corrected chi connectivity index (χ1v) is 7.29. The van der Waals surface area contributed by atoms with Crippen LogP contribution in [0.2, 0.25) is 0 Å². The van der Waals surface area contributed by atoms with E-state index in [4.69, 9.17) is 9.47 Å². The van der Waals surface area contributed by atoms with E-state index in [2.05, 4.69) is 24.4 Å². The zero-order valence-electron chi connectivity index (χ0n) is 12.0. The van der Waals surface area contributed by atoms with Gasteiger partial charge in [0.05, 0.1) is 19.8 Å². The van der Waals surface area contributed by atoms with Crippen LogP contribution in [0.5, 0.6) is 5.75 Å². The quantitative estimate of drug-likeness (QED) is 0.694. The minimum atomic E-state index is 0.127. The van der Waals surface area contributed by atoms with Gasteiger partial charge in [-0.25, -0.2) is 0 Å². The Balaban J connectivity index is 1.95. The molecule has 0 aliphatic heterocycles. The molecule has 1 N–H and O–H groups in total. The lowest BCUT2D eigenvalue weighted by atomic mass is 10.1. The summed E-state index contributed by atoms with van der Waals surface area (Å²) in [5.74, 6) is 1.69. The van der Waals surface area contributed by atoms with Crippen molar-refractivity contribution in [2.45, 2.75) is 32.3 Å². The molecule has 0 bridgehead atoms. The summed E-state index contributed by atoms with van der Waals surface area (Å²) in [6.45, 7) is 4.97. The summed E-state index contributed by atoms with van der Waals surface area (Å²) in [4.78, 5) is 0. The highest BCUT2D eigenvalue weighted by Gasteiger charge is 2.23. The Labute approximate surface area is 116 Å². The van der Waals surface area contributed by atoms with Crippen LogP contribution in [0.25, 0.3) is 0 Å². The lowest BCUT2D eigenvalue weighted by molar-refractivity contribution is 0.0452. The molecule has 2 rings (SSSR count). The maximum atomic E-state index is 6.08. The number of hydrogen-bond acceptors (Lipinski definition) is 3. The van der Waals surface area contributed by atoms with Crippen molar-refractivity contribution in [3.05, 3.63) is 29.8 Å². The molecule has 1 aliphatic rings. The highest BCUT2D eigenvalue weighted by atomic mass is 16.5. The van der Waals surface area contributed by atoms with Crippen LogP contribution in [0.4, 0.5) is 0 Å². The van der Waals surface area contributed by atoms with E-state index >= 15 is 0 Å². The number of methoxy groups -OCH3 is 1. The van der Waals surface area contributed by atoms with Gasteiger partial charge in [-0.05, 0) is 49.4 Å². The lowest BCUT2D eigenvalue weighted by Gasteiger charge is -2.19. The van der Waals surface area contributed by atoms with Gasteiger partial charge in [-0.15, -0.1) is 0 Å². The maximum Gasteiger partial charge on any atom is 0.119 e. The molecule has 3 nitrogen and oxygen atoms in total. The van der Waals surface area contributed by atoms with Gasteiger partial charge in [-0.1, -0.05) is 19.1 Å². The first kappa shape index (κ1) is 14.4. The van der Waals surface area contributed by atoms with Crippen molar-refractivity contribution in [1.82, 2.24) is 5.32 Å². The predicted octanol–water partition coefficient (Wildman–Crippen LogP) is 3.16. The largest absolute Gasteiger partial charge is 0.497 e. The molecule has 1 aromatic carbocycles. The van der Waals surface area contributed by atoms with E-state index in [0.29, 0.717) is 0 Å². The average Bonchev–Trinajstić information content (AvgIpc) is 3.27. The zero-order chi connectivity index (χ0) is 13.5. The van der Waals surface area contributed by atoms with Crippen LogP contribution >= 0.6 is 0 Å². The summed E-state index contributed by atoms with van der Waals surface area (Å²) in [5, 5.41) is 3.45. The Hall–Kier alpha value is -1.06. The summed E-state index contributed by atoms with van der Waals surface area (Å²) in [6, 6.07) is 8.20. The standard InChI is InChI=1S/C16H25NO2/c1-3-9-17-11-16(19-12-13-7-8-13)14-5-4-6-15(10-14)18-2/h4-6,10,13,16-17H,3,7-9,11-12H2,1-2H3. The van der Waals surface area contributed by atoms with Crippen molar-refractivity contribution in [2.24, 2.45) is 5.92 Å². The monoisotopic (exact) mass is 263 g/mol. The number of ether oxygens (including phenoxy) is 2. The second-order valence-corrected chi connectivity index (χ2v) is 5.25. The Morgan fingerprint density at radius 1 is 1.37 bits per heavy atom. The van der Waals surface area contributed by atoms with Crippen LogP contribution in [0.1, 0.15) is 37.9 Å². The molecule has 0 aromatic heterocycles. The highest BCUT2D eigenvalue weighted by molar-refractivity contribution is 5.30. The molecule has 19 heavy (non-hydrogen) atoms. The maximum absolute atomic E-state index is 6.08. The molecule has 1 atom stereocenters. The van der Waals surface area contributed by atoms with Crippen molar-refractivity contribution in [3.63, 3.8) is 0 Å². The van der Waals surface area contributed by atoms with Crippen molar-refractivity contribution in [1.29, 1.82) is 0 Å². The first-order chi connectivity index (χ1) is 9.33. The fourth-order valence-electron chi connectivity index (χ4n) is 2.06. The summed E-state index contributed by atoms with van der Waals surface area (Å²) >= 11 is 0. The van der Waals surface area contributed by atoms with Gasteiger partial charge in [0.15, 0.2) is 0 Å². The zero-order valence-corrected chi connectivity index (χ0v) is 12.0. The van der Waals surface area contributed by atoms with Crippen LogP contribution in [-0.2, 0) is 4.74 Å². The van der Waals surface area contributed by atoms with Crippen molar-refractivity contribution in [3.8, 4) is 5.75 Å². The molecule has 0 saturated heterocycles. The van der Waals surface area contributed by atoms with Crippen molar-refractivity contribution < 1.29 is 9.47 Å². The normalized spacial score (nSPS) is 16.3. The fourth-order valence-corrected chi connectivity index (χ4v) is 2.06. The van der Waals surface area contributed by atoms with Gasteiger partial charge in [0.1, 0.15) is 5.75 Å². The number of benzene rings is 1. The van der Waals surface area contributed by atoms with Gasteiger partial charge < -0.3 is 14.8 Å². The Kier molecular flexibility index (Phi) is 5.67. The van der Waals surface area contributed by atoms with E-state index in [1.165, 1.54) is 18.4 Å². The van der Waals surface area contributed by atoms with E-state index in [1.54, 1.807) is 7.11 Å². The van der Waals surface area contributed by atoms with Gasteiger partial charge in [0.2, 0.25) is 0 Å². The third kappa shape index (κ3) is 4.84. The molecule has 0 spiro atoms. The third-order valence-corrected chi connectivity index (χ3v) is 3.45. The molecule has 1 aliphatic carbocycles. The summed E-state index contributed by atoms with van der Waals surface area (Å²) in [7, 11) is 1.70.